The molecule has 7 heterocycles. The highest BCUT2D eigenvalue weighted by Crippen LogP contribution is 2.42. The number of halogens is 1. The molecule has 5 aromatic rings. The summed E-state index contributed by atoms with van der Waals surface area (Å²) in [6.45, 7) is 17.3. The highest BCUT2D eigenvalue weighted by Gasteiger charge is 2.32. The zero-order valence-electron chi connectivity index (χ0n) is 39.9. The maximum atomic E-state index is 13.6. The van der Waals surface area contributed by atoms with Crippen molar-refractivity contribution in [1.29, 1.82) is 0 Å². The van der Waals surface area contributed by atoms with Crippen molar-refractivity contribution in [1.82, 2.24) is 40.0 Å². The minimum absolute atomic E-state index is 0.188. The highest BCUT2D eigenvalue weighted by molar-refractivity contribution is 9.10. The number of aromatic nitrogens is 5. The summed E-state index contributed by atoms with van der Waals surface area (Å²) in [5, 5.41) is 9.93. The molecule has 4 fully saturated rings. The molecule has 4 aliphatic heterocycles. The van der Waals surface area contributed by atoms with E-state index in [1.807, 2.05) is 25.1 Å². The van der Waals surface area contributed by atoms with Crippen molar-refractivity contribution in [2.24, 2.45) is 5.92 Å². The maximum Gasteiger partial charge on any atom is 0.234 e. The highest BCUT2D eigenvalue weighted by atomic mass is 79.9. The number of carbonyl (C=O) groups is 2. The Hall–Kier alpha value is -5.22. The van der Waals surface area contributed by atoms with E-state index in [1.165, 1.54) is 30.5 Å². The van der Waals surface area contributed by atoms with Gasteiger partial charge in [0.2, 0.25) is 17.8 Å². The average molecular weight is 1010 g/mol. The standard InChI is InChI=1S/C50H64BrN12O4P/c1-6-34-29-41(57-50-54-31-38(51)48(59-50)56-40-10-9-39-46(53-19-18-52-39)47(40)68(4,5)66)43(67-3)30-42(34)62-23-16-35(17-24-62)61-27-25-60(26-28-61)20-13-33-14-21-63(22-15-33)44-11-7-36(32(2)55-44)37-8-12-45(64)58-49(37)65/h7,9-11,18-19,29-31,33,35,37H,6,8,12-17,20-28H2,1-5H3,(H,58,64,65)(H2,54,56,57,59). The number of fused-ring (bicyclic) bond motifs is 1. The second kappa shape index (κ2) is 20.8. The molecular formula is C50H64BrN12O4P. The van der Waals surface area contributed by atoms with Crippen molar-refractivity contribution >= 4 is 85.9 Å². The van der Waals surface area contributed by atoms with Crippen LogP contribution in [0.15, 0.2) is 59.5 Å². The van der Waals surface area contributed by atoms with E-state index in [0.29, 0.717) is 57.1 Å². The number of piperidine rings is 3. The van der Waals surface area contributed by atoms with E-state index in [1.54, 1.807) is 39.0 Å². The molecule has 0 bridgehead atoms. The lowest BCUT2D eigenvalue weighted by Crippen LogP contribution is -2.53. The summed E-state index contributed by atoms with van der Waals surface area (Å²) in [7, 11) is -1.07. The summed E-state index contributed by atoms with van der Waals surface area (Å²) in [6.07, 6.45) is 12.6. The molecule has 360 valence electrons. The molecule has 0 radical (unpaired) electrons. The van der Waals surface area contributed by atoms with Gasteiger partial charge in [-0.3, -0.25) is 29.8 Å². The van der Waals surface area contributed by atoms with Crippen LogP contribution in [0.25, 0.3) is 11.0 Å². The number of amides is 2. The van der Waals surface area contributed by atoms with Gasteiger partial charge in [-0.1, -0.05) is 13.0 Å². The number of anilines is 6. The van der Waals surface area contributed by atoms with Crippen LogP contribution in [0.1, 0.15) is 74.6 Å². The minimum atomic E-state index is -2.77. The predicted molar refractivity (Wildman–Crippen MR) is 274 cm³/mol. The Bertz CT molecular complexity index is 2700. The summed E-state index contributed by atoms with van der Waals surface area (Å²) in [6, 6.07) is 12.8. The van der Waals surface area contributed by atoms with E-state index >= 15 is 0 Å². The quantitative estimate of drug-likeness (QED) is 0.0733. The Balaban J connectivity index is 0.747. The van der Waals surface area contributed by atoms with Gasteiger partial charge in [0.25, 0.3) is 0 Å². The summed E-state index contributed by atoms with van der Waals surface area (Å²) >= 11 is 3.61. The summed E-state index contributed by atoms with van der Waals surface area (Å²) in [5.41, 5.74) is 6.99. The summed E-state index contributed by atoms with van der Waals surface area (Å²) < 4.78 is 20.2. The molecule has 4 aliphatic rings. The number of nitrogens with zero attached hydrogens (tertiary/aromatic N) is 9. The lowest BCUT2D eigenvalue weighted by molar-refractivity contribution is -0.134. The first-order valence-electron chi connectivity index (χ1n) is 24.2. The molecule has 0 spiro atoms. The van der Waals surface area contributed by atoms with Crippen LogP contribution in [0.5, 0.6) is 5.75 Å². The van der Waals surface area contributed by atoms with Gasteiger partial charge < -0.3 is 34.6 Å². The van der Waals surface area contributed by atoms with Crippen LogP contribution in [-0.2, 0) is 20.6 Å². The van der Waals surface area contributed by atoms with E-state index in [4.69, 9.17) is 14.7 Å². The molecule has 68 heavy (non-hydrogen) atoms. The zero-order valence-corrected chi connectivity index (χ0v) is 42.4. The summed E-state index contributed by atoms with van der Waals surface area (Å²) in [4.78, 5) is 57.7. The molecule has 2 aromatic carbocycles. The van der Waals surface area contributed by atoms with Crippen LogP contribution < -0.4 is 35.8 Å². The molecular weight excluding hydrogens is 944 g/mol. The number of nitrogens with one attached hydrogen (secondary N) is 3. The number of ether oxygens (including phenoxy) is 1. The van der Waals surface area contributed by atoms with Crippen molar-refractivity contribution in [2.45, 2.75) is 77.2 Å². The molecule has 18 heteroatoms. The van der Waals surface area contributed by atoms with E-state index in [9.17, 15) is 14.2 Å². The SMILES string of the molecule is CCc1cc(Nc2ncc(Br)c(Nc3ccc4nccnc4c3P(C)(C)=O)n2)c(OC)cc1N1CCC(N2CCN(CCC3CCN(c4ccc(C5CCC(=O)NC5=O)c(C)n4)CC3)CC2)CC1. The number of rotatable bonds is 14. The molecule has 1 unspecified atom stereocenters. The second-order valence-electron chi connectivity index (χ2n) is 19.1. The first kappa shape index (κ1) is 47.8. The van der Waals surface area contributed by atoms with Gasteiger partial charge in [-0.2, -0.15) is 4.98 Å². The fourth-order valence-corrected chi connectivity index (χ4v) is 12.3. The van der Waals surface area contributed by atoms with Crippen LogP contribution >= 0.6 is 23.1 Å². The fraction of sp³-hybridized carbons (Fsp3) is 0.500. The van der Waals surface area contributed by atoms with Crippen molar-refractivity contribution in [3.05, 3.63) is 76.3 Å². The topological polar surface area (TPSA) is 174 Å². The number of piperazine rings is 1. The molecule has 16 nitrogen and oxygen atoms in total. The van der Waals surface area contributed by atoms with E-state index in [0.717, 1.165) is 113 Å². The van der Waals surface area contributed by atoms with Crippen LogP contribution in [0.4, 0.5) is 34.6 Å². The number of hydrogen-bond acceptors (Lipinski definition) is 15. The first-order valence-corrected chi connectivity index (χ1v) is 27.6. The number of benzene rings is 2. The average Bonchev–Trinajstić information content (AvgIpc) is 3.34. The zero-order chi connectivity index (χ0) is 47.5. The van der Waals surface area contributed by atoms with Gasteiger partial charge in [-0.05, 0) is 129 Å². The Morgan fingerprint density at radius 1 is 0.853 bits per heavy atom. The van der Waals surface area contributed by atoms with Gasteiger partial charge in [0, 0.05) is 101 Å². The lowest BCUT2D eigenvalue weighted by Gasteiger charge is -2.44. The number of imide groups is 1. The van der Waals surface area contributed by atoms with Gasteiger partial charge in [0.15, 0.2) is 0 Å². The number of carbonyl (C=O) groups excluding carboxylic acids is 2. The molecule has 4 saturated heterocycles. The van der Waals surface area contributed by atoms with E-state index in [-0.39, 0.29) is 17.7 Å². The lowest BCUT2D eigenvalue weighted by atomic mass is 9.89. The maximum absolute atomic E-state index is 13.6. The monoisotopic (exact) mass is 1010 g/mol. The third-order valence-corrected chi connectivity index (χ3v) is 16.5. The third-order valence-electron chi connectivity index (χ3n) is 14.4. The predicted octanol–water partition coefficient (Wildman–Crippen LogP) is 7.61. The Kier molecular flexibility index (Phi) is 14.6. The molecule has 9 rings (SSSR count). The Morgan fingerprint density at radius 2 is 1.60 bits per heavy atom. The van der Waals surface area contributed by atoms with Gasteiger partial charge >= 0.3 is 0 Å². The molecule has 1 atom stereocenters. The van der Waals surface area contributed by atoms with Crippen molar-refractivity contribution in [3.63, 3.8) is 0 Å². The molecule has 0 aliphatic carbocycles. The number of pyridine rings is 1. The third kappa shape index (κ3) is 10.7. The van der Waals surface area contributed by atoms with Gasteiger partial charge in [0.05, 0.1) is 39.7 Å². The number of aryl methyl sites for hydroxylation is 2. The smallest absolute Gasteiger partial charge is 0.234 e. The molecule has 2 amide bonds. The van der Waals surface area contributed by atoms with E-state index < -0.39 is 7.14 Å². The second-order valence-corrected chi connectivity index (χ2v) is 23.1. The first-order chi connectivity index (χ1) is 32.8. The van der Waals surface area contributed by atoms with Gasteiger partial charge in [0.1, 0.15) is 30.0 Å². The van der Waals surface area contributed by atoms with Gasteiger partial charge in [-0.15, -0.1) is 0 Å². The van der Waals surface area contributed by atoms with Crippen molar-refractivity contribution in [3.8, 4) is 5.75 Å². The van der Waals surface area contributed by atoms with Crippen molar-refractivity contribution < 1.29 is 18.9 Å². The van der Waals surface area contributed by atoms with Crippen LogP contribution in [-0.4, -0.2) is 132 Å². The largest absolute Gasteiger partial charge is 0.494 e. The molecule has 3 N–H and O–H groups in total. The van der Waals surface area contributed by atoms with E-state index in [2.05, 4.69) is 91.6 Å². The van der Waals surface area contributed by atoms with Gasteiger partial charge in [-0.25, -0.2) is 9.97 Å². The molecule has 0 saturated carbocycles. The van der Waals surface area contributed by atoms with Crippen molar-refractivity contribution in [2.75, 3.05) is 99.8 Å². The number of methoxy groups -OCH3 is 1. The normalized spacial score (nSPS) is 19.4. The number of hydrogen-bond donors (Lipinski definition) is 3. The van der Waals surface area contributed by atoms with Crippen LogP contribution in [0, 0.1) is 12.8 Å². The minimum Gasteiger partial charge on any atom is -0.494 e. The fourth-order valence-electron chi connectivity index (χ4n) is 10.6. The van der Waals surface area contributed by atoms with Crippen LogP contribution in [0.2, 0.25) is 0 Å². The summed E-state index contributed by atoms with van der Waals surface area (Å²) in [5.74, 6) is 2.66. The Labute approximate surface area is 407 Å². The molecule has 3 aromatic heterocycles. The van der Waals surface area contributed by atoms with Crippen LogP contribution in [0.3, 0.4) is 0 Å². The Morgan fingerprint density at radius 3 is 2.31 bits per heavy atom.